The molecule has 0 aromatic rings. The van der Waals surface area contributed by atoms with E-state index < -0.39 is 28.8 Å². The highest BCUT2D eigenvalue weighted by molar-refractivity contribution is 7.84. The zero-order valence-electron chi connectivity index (χ0n) is 7.98. The summed E-state index contributed by atoms with van der Waals surface area (Å²) in [4.78, 5) is 21.5. The molecule has 0 aromatic heterocycles. The minimum atomic E-state index is -4.40. The number of hydrogen-bond donors (Lipinski definition) is 1. The number of hydrazine groups is 1. The molecule has 0 saturated carbocycles. The highest BCUT2D eigenvalue weighted by Crippen LogP contribution is 2.09. The van der Waals surface area contributed by atoms with Gasteiger partial charge in [0.2, 0.25) is 0 Å². The van der Waals surface area contributed by atoms with E-state index >= 15 is 0 Å². The van der Waals surface area contributed by atoms with Gasteiger partial charge in [-0.3, -0.25) is 4.18 Å². The monoisotopic (exact) mass is 256 g/mol. The van der Waals surface area contributed by atoms with Crippen molar-refractivity contribution in [3.8, 4) is 0 Å². The van der Waals surface area contributed by atoms with Gasteiger partial charge >= 0.3 is 22.6 Å². The van der Waals surface area contributed by atoms with E-state index in [0.29, 0.717) is 0 Å². The van der Waals surface area contributed by atoms with Gasteiger partial charge in [0.25, 0.3) is 6.29 Å². The van der Waals surface area contributed by atoms with Crippen LogP contribution in [-0.2, 0) is 28.7 Å². The zero-order chi connectivity index (χ0) is 12.3. The van der Waals surface area contributed by atoms with Crippen LogP contribution < -0.4 is 5.84 Å². The molecule has 0 aliphatic carbocycles. The van der Waals surface area contributed by atoms with Gasteiger partial charge in [-0.05, 0) is 0 Å². The van der Waals surface area contributed by atoms with Gasteiger partial charge in [-0.1, -0.05) is 0 Å². The molecule has 1 rings (SSSR count). The van der Waals surface area contributed by atoms with Crippen molar-refractivity contribution in [3.05, 3.63) is 0 Å². The molecule has 16 heavy (non-hydrogen) atoms. The van der Waals surface area contributed by atoms with Crippen LogP contribution in [0.15, 0.2) is 0 Å². The van der Waals surface area contributed by atoms with Gasteiger partial charge in [-0.2, -0.15) is 8.42 Å². The Hall–Kier alpha value is -1.59. The van der Waals surface area contributed by atoms with Gasteiger partial charge in [0.15, 0.2) is 6.61 Å². The van der Waals surface area contributed by atoms with E-state index in [4.69, 9.17) is 5.84 Å². The Balaban J connectivity index is 2.56. The summed E-state index contributed by atoms with van der Waals surface area (Å²) in [6, 6.07) is 0. The SMILES string of the molecule is COS(=O)(=O)N(N)C(=O)OC1COC(=O)O1. The number of carbonyl (C=O) groups is 2. The Kier molecular flexibility index (Phi) is 3.51. The molecule has 92 valence electrons. The molecule has 1 aliphatic heterocycles. The molecule has 0 radical (unpaired) electrons. The summed E-state index contributed by atoms with van der Waals surface area (Å²) in [6.45, 7) is -0.342. The van der Waals surface area contributed by atoms with Crippen LogP contribution >= 0.6 is 0 Å². The number of nitrogens with two attached hydrogens (primary N) is 1. The van der Waals surface area contributed by atoms with Crippen LogP contribution in [0, 0.1) is 0 Å². The molecule has 0 bridgehead atoms. The number of rotatable bonds is 3. The second kappa shape index (κ2) is 4.51. The first kappa shape index (κ1) is 12.5. The third kappa shape index (κ3) is 2.71. The molecule has 1 heterocycles. The third-order valence-corrected chi connectivity index (χ3v) is 2.48. The first-order valence-corrected chi connectivity index (χ1v) is 5.13. The van der Waals surface area contributed by atoms with Crippen molar-refractivity contribution in [2.75, 3.05) is 13.7 Å². The van der Waals surface area contributed by atoms with E-state index in [9.17, 15) is 18.0 Å². The maximum atomic E-state index is 11.1. The molecule has 10 nitrogen and oxygen atoms in total. The molecule has 1 fully saturated rings. The lowest BCUT2D eigenvalue weighted by Gasteiger charge is -2.15. The number of hydrogen-bond acceptors (Lipinski definition) is 9. The molecule has 1 aliphatic rings. The second-order valence-corrected chi connectivity index (χ2v) is 3.99. The average molecular weight is 256 g/mol. The minimum absolute atomic E-state index is 0.279. The Bertz CT molecular complexity index is 391. The van der Waals surface area contributed by atoms with Crippen molar-refractivity contribution in [1.29, 1.82) is 0 Å². The summed E-state index contributed by atoms with van der Waals surface area (Å²) in [6.07, 6.45) is -3.83. The fourth-order valence-electron chi connectivity index (χ4n) is 0.706. The Morgan fingerprint density at radius 1 is 1.62 bits per heavy atom. The number of carbonyl (C=O) groups excluding carboxylic acids is 2. The smallest absolute Gasteiger partial charge is 0.426 e. The molecule has 1 atom stereocenters. The second-order valence-electron chi connectivity index (χ2n) is 2.41. The summed E-state index contributed by atoms with van der Waals surface area (Å²) in [5.41, 5.74) is 0. The predicted octanol–water partition coefficient (Wildman–Crippen LogP) is -1.32. The summed E-state index contributed by atoms with van der Waals surface area (Å²) < 4.78 is 38.4. The third-order valence-electron chi connectivity index (χ3n) is 1.43. The van der Waals surface area contributed by atoms with Gasteiger partial charge in [-0.15, -0.1) is 4.41 Å². The van der Waals surface area contributed by atoms with Crippen molar-refractivity contribution in [3.63, 3.8) is 0 Å². The van der Waals surface area contributed by atoms with Crippen molar-refractivity contribution in [1.82, 2.24) is 4.41 Å². The van der Waals surface area contributed by atoms with Crippen molar-refractivity contribution < 1.29 is 36.4 Å². The van der Waals surface area contributed by atoms with Crippen LogP contribution in [0.1, 0.15) is 0 Å². The maximum absolute atomic E-state index is 11.1. The van der Waals surface area contributed by atoms with Gasteiger partial charge in [-0.25, -0.2) is 15.4 Å². The van der Waals surface area contributed by atoms with Crippen LogP contribution in [0.25, 0.3) is 0 Å². The first-order chi connectivity index (χ1) is 7.36. The van der Waals surface area contributed by atoms with Crippen LogP contribution in [-0.4, -0.2) is 45.1 Å². The average Bonchev–Trinajstić information content (AvgIpc) is 2.62. The molecule has 11 heteroatoms. The van der Waals surface area contributed by atoms with E-state index in [1.54, 1.807) is 0 Å². The summed E-state index contributed by atoms with van der Waals surface area (Å²) in [5, 5.41) is 0. The first-order valence-electron chi connectivity index (χ1n) is 3.76. The Morgan fingerprint density at radius 2 is 2.25 bits per heavy atom. The number of nitrogens with zero attached hydrogens (tertiary/aromatic N) is 1. The lowest BCUT2D eigenvalue weighted by molar-refractivity contribution is -0.0380. The zero-order valence-corrected chi connectivity index (χ0v) is 8.80. The van der Waals surface area contributed by atoms with Crippen LogP contribution in [0.3, 0.4) is 0 Å². The normalized spacial score (nSPS) is 19.9. The minimum Gasteiger partial charge on any atom is -0.426 e. The Labute approximate surface area is 90.0 Å². The predicted molar refractivity (Wildman–Crippen MR) is 44.7 cm³/mol. The van der Waals surface area contributed by atoms with Crippen LogP contribution in [0.5, 0.6) is 0 Å². The van der Waals surface area contributed by atoms with Crippen LogP contribution in [0.4, 0.5) is 9.59 Å². The summed E-state index contributed by atoms with van der Waals surface area (Å²) >= 11 is 0. The molecule has 0 aromatic carbocycles. The number of ether oxygens (including phenoxy) is 3. The van der Waals surface area contributed by atoms with Gasteiger partial charge in [0.05, 0.1) is 7.11 Å². The maximum Gasteiger partial charge on any atom is 0.511 e. The van der Waals surface area contributed by atoms with E-state index in [1.165, 1.54) is 0 Å². The fourth-order valence-corrected chi connectivity index (χ4v) is 1.09. The van der Waals surface area contributed by atoms with E-state index in [1.807, 2.05) is 0 Å². The lowest BCUT2D eigenvalue weighted by Crippen LogP contribution is -2.44. The Morgan fingerprint density at radius 3 is 2.69 bits per heavy atom. The standard InChI is InChI=1S/C5H8N2O8S/c1-12-16(10,11)7(6)4(8)14-3-2-13-5(9)15-3/h3H,2,6H2,1H3. The molecule has 2 N–H and O–H groups in total. The number of cyclic esters (lactones) is 2. The highest BCUT2D eigenvalue weighted by Gasteiger charge is 2.33. The van der Waals surface area contributed by atoms with E-state index in [-0.39, 0.29) is 11.0 Å². The lowest BCUT2D eigenvalue weighted by atomic mass is 10.7. The molecule has 0 spiro atoms. The van der Waals surface area contributed by atoms with Crippen molar-refractivity contribution in [2.24, 2.45) is 5.84 Å². The van der Waals surface area contributed by atoms with Crippen molar-refractivity contribution in [2.45, 2.75) is 6.29 Å². The summed E-state index contributed by atoms with van der Waals surface area (Å²) in [5.74, 6) is 4.88. The van der Waals surface area contributed by atoms with Crippen LogP contribution in [0.2, 0.25) is 0 Å². The fraction of sp³-hybridized carbons (Fsp3) is 0.600. The quantitative estimate of drug-likeness (QED) is 0.282. The number of amides is 1. The van der Waals surface area contributed by atoms with Gasteiger partial charge < -0.3 is 14.2 Å². The van der Waals surface area contributed by atoms with Gasteiger partial charge in [0.1, 0.15) is 0 Å². The van der Waals surface area contributed by atoms with E-state index in [0.717, 1.165) is 7.11 Å². The molecular formula is C5H8N2O8S. The molecular weight excluding hydrogens is 248 g/mol. The van der Waals surface area contributed by atoms with Crippen molar-refractivity contribution >= 4 is 22.6 Å². The van der Waals surface area contributed by atoms with E-state index in [2.05, 4.69) is 18.4 Å². The largest absolute Gasteiger partial charge is 0.511 e. The molecule has 1 saturated heterocycles. The summed E-state index contributed by atoms with van der Waals surface area (Å²) in [7, 11) is -3.59. The molecule has 1 amide bonds. The topological polar surface area (TPSA) is 134 Å². The molecule has 1 unspecified atom stereocenters. The highest BCUT2D eigenvalue weighted by atomic mass is 32.2. The van der Waals surface area contributed by atoms with Gasteiger partial charge in [0, 0.05) is 0 Å².